The Balaban J connectivity index is 2.01. The number of halogens is 2. The van der Waals surface area contributed by atoms with Crippen molar-refractivity contribution in [1.82, 2.24) is 5.43 Å². The Morgan fingerprint density at radius 1 is 1.08 bits per heavy atom. The summed E-state index contributed by atoms with van der Waals surface area (Å²) in [5.74, 6) is -2.10. The summed E-state index contributed by atoms with van der Waals surface area (Å²) >= 11 is 11.7. The van der Waals surface area contributed by atoms with Gasteiger partial charge in [-0.1, -0.05) is 41.4 Å². The van der Waals surface area contributed by atoms with Crippen LogP contribution in [0.5, 0.6) is 0 Å². The van der Waals surface area contributed by atoms with E-state index in [1.54, 1.807) is 12.1 Å². The van der Waals surface area contributed by atoms with E-state index in [0.717, 1.165) is 6.21 Å². The molecular weight excluding hydrogens is 371 g/mol. The van der Waals surface area contributed by atoms with Gasteiger partial charge in [-0.3, -0.25) is 19.7 Å². The smallest absolute Gasteiger partial charge is 0.316 e. The minimum Gasteiger partial charge on any atom is -0.316 e. The van der Waals surface area contributed by atoms with Crippen molar-refractivity contribution in [3.63, 3.8) is 0 Å². The lowest BCUT2D eigenvalue weighted by Crippen LogP contribution is -2.32. The van der Waals surface area contributed by atoms with E-state index in [0.29, 0.717) is 0 Å². The molecule has 0 radical (unpaired) electrons. The number of carbonyl (C=O) groups is 2. The number of hydrogen-bond donors (Lipinski definition) is 2. The summed E-state index contributed by atoms with van der Waals surface area (Å²) in [6, 6.07) is 10.3. The van der Waals surface area contributed by atoms with E-state index >= 15 is 0 Å². The maximum absolute atomic E-state index is 11.8. The van der Waals surface area contributed by atoms with Crippen LogP contribution in [0.15, 0.2) is 47.6 Å². The minimum atomic E-state index is -1.08. The second-order valence-electron chi connectivity index (χ2n) is 4.57. The number of hydrogen-bond acceptors (Lipinski definition) is 5. The summed E-state index contributed by atoms with van der Waals surface area (Å²) < 4.78 is 0. The van der Waals surface area contributed by atoms with Crippen molar-refractivity contribution < 1.29 is 14.5 Å². The average Bonchev–Trinajstić information content (AvgIpc) is 2.59. The number of nitro benzene ring substituents is 1. The van der Waals surface area contributed by atoms with Gasteiger partial charge in [0.1, 0.15) is 0 Å². The van der Waals surface area contributed by atoms with Crippen molar-refractivity contribution in [3.05, 3.63) is 68.2 Å². The highest BCUT2D eigenvalue weighted by Gasteiger charge is 2.16. The Morgan fingerprint density at radius 3 is 2.52 bits per heavy atom. The third-order valence-electron chi connectivity index (χ3n) is 2.91. The molecular formula is C15H10Cl2N4O4. The number of nitro groups is 1. The molecule has 128 valence electrons. The number of para-hydroxylation sites is 1. The summed E-state index contributed by atoms with van der Waals surface area (Å²) in [5, 5.41) is 17.0. The van der Waals surface area contributed by atoms with Crippen LogP contribution in [0.3, 0.4) is 0 Å². The number of rotatable bonds is 4. The number of nitrogens with zero attached hydrogens (tertiary/aromatic N) is 2. The first-order chi connectivity index (χ1) is 11.9. The molecule has 0 heterocycles. The molecule has 2 N–H and O–H groups in total. The monoisotopic (exact) mass is 380 g/mol. The van der Waals surface area contributed by atoms with E-state index in [1.807, 2.05) is 5.43 Å². The Kier molecular flexibility index (Phi) is 6.04. The van der Waals surface area contributed by atoms with E-state index in [1.165, 1.54) is 30.3 Å². The third-order valence-corrected chi connectivity index (χ3v) is 3.73. The first-order valence-electron chi connectivity index (χ1n) is 6.72. The fraction of sp³-hybridized carbons (Fsp3) is 0. The lowest BCUT2D eigenvalue weighted by atomic mass is 10.2. The van der Waals surface area contributed by atoms with Crippen LogP contribution in [0.4, 0.5) is 11.4 Å². The summed E-state index contributed by atoms with van der Waals surface area (Å²) in [6.45, 7) is 0. The normalized spacial score (nSPS) is 10.5. The van der Waals surface area contributed by atoms with Crippen molar-refractivity contribution in [2.24, 2.45) is 5.10 Å². The van der Waals surface area contributed by atoms with Gasteiger partial charge in [0.15, 0.2) is 0 Å². The molecule has 0 spiro atoms. The van der Waals surface area contributed by atoms with Crippen molar-refractivity contribution in [3.8, 4) is 0 Å². The topological polar surface area (TPSA) is 114 Å². The highest BCUT2D eigenvalue weighted by atomic mass is 35.5. The Labute approximate surface area is 151 Å². The van der Waals surface area contributed by atoms with Crippen LogP contribution in [-0.2, 0) is 9.59 Å². The van der Waals surface area contributed by atoms with E-state index < -0.39 is 16.7 Å². The molecule has 0 aliphatic carbocycles. The molecule has 8 nitrogen and oxygen atoms in total. The maximum atomic E-state index is 11.8. The van der Waals surface area contributed by atoms with Crippen LogP contribution in [0.2, 0.25) is 10.0 Å². The number of anilines is 1. The molecule has 0 fully saturated rings. The standard InChI is InChI=1S/C15H10Cl2N4O4/c16-10-5-3-6-11(13(10)17)19-14(22)15(23)20-18-8-9-4-1-2-7-12(9)21(24)25/h1-8H,(H,19,22)(H,20,23)/b18-8+. The first-order valence-corrected chi connectivity index (χ1v) is 7.47. The maximum Gasteiger partial charge on any atom is 0.329 e. The van der Waals surface area contributed by atoms with Gasteiger partial charge in [0.2, 0.25) is 0 Å². The zero-order chi connectivity index (χ0) is 18.4. The molecule has 0 aromatic heterocycles. The van der Waals surface area contributed by atoms with Crippen LogP contribution in [0.25, 0.3) is 0 Å². The predicted molar refractivity (Wildman–Crippen MR) is 93.9 cm³/mol. The average molecular weight is 381 g/mol. The van der Waals surface area contributed by atoms with E-state index in [9.17, 15) is 19.7 Å². The predicted octanol–water partition coefficient (Wildman–Crippen LogP) is 2.99. The van der Waals surface area contributed by atoms with Gasteiger partial charge >= 0.3 is 11.8 Å². The van der Waals surface area contributed by atoms with Crippen LogP contribution >= 0.6 is 23.2 Å². The molecule has 2 amide bonds. The molecule has 0 aliphatic heterocycles. The molecule has 0 atom stereocenters. The van der Waals surface area contributed by atoms with Gasteiger partial charge in [-0.15, -0.1) is 0 Å². The van der Waals surface area contributed by atoms with Gasteiger partial charge in [0.25, 0.3) is 5.69 Å². The molecule has 25 heavy (non-hydrogen) atoms. The summed E-state index contributed by atoms with van der Waals surface area (Å²) in [4.78, 5) is 33.8. The largest absolute Gasteiger partial charge is 0.329 e. The van der Waals surface area contributed by atoms with Crippen LogP contribution < -0.4 is 10.7 Å². The van der Waals surface area contributed by atoms with Crippen LogP contribution in [0, 0.1) is 10.1 Å². The fourth-order valence-corrected chi connectivity index (χ4v) is 2.10. The van der Waals surface area contributed by atoms with Gasteiger partial charge in [-0.25, -0.2) is 5.43 Å². The van der Waals surface area contributed by atoms with Crippen molar-refractivity contribution in [2.75, 3.05) is 5.32 Å². The number of benzene rings is 2. The molecule has 2 aromatic rings. The lowest BCUT2D eigenvalue weighted by Gasteiger charge is -2.06. The first kappa shape index (κ1) is 18.4. The molecule has 10 heteroatoms. The quantitative estimate of drug-likeness (QED) is 0.367. The van der Waals surface area contributed by atoms with Crippen LogP contribution in [0.1, 0.15) is 5.56 Å². The van der Waals surface area contributed by atoms with Gasteiger partial charge in [-0.05, 0) is 18.2 Å². The number of hydrazone groups is 1. The lowest BCUT2D eigenvalue weighted by molar-refractivity contribution is -0.385. The van der Waals surface area contributed by atoms with E-state index in [2.05, 4.69) is 10.4 Å². The van der Waals surface area contributed by atoms with Crippen LogP contribution in [-0.4, -0.2) is 23.0 Å². The molecule has 2 rings (SSSR count). The Hall–Kier alpha value is -2.97. The molecule has 0 saturated carbocycles. The second kappa shape index (κ2) is 8.22. The molecule has 2 aromatic carbocycles. The Morgan fingerprint density at radius 2 is 1.80 bits per heavy atom. The zero-order valence-electron chi connectivity index (χ0n) is 12.4. The molecule has 0 bridgehead atoms. The number of nitrogens with one attached hydrogen (secondary N) is 2. The zero-order valence-corrected chi connectivity index (χ0v) is 13.9. The highest BCUT2D eigenvalue weighted by molar-refractivity contribution is 6.45. The van der Waals surface area contributed by atoms with E-state index in [-0.39, 0.29) is 27.0 Å². The van der Waals surface area contributed by atoms with Gasteiger partial charge in [0, 0.05) is 6.07 Å². The van der Waals surface area contributed by atoms with Gasteiger partial charge in [-0.2, -0.15) is 5.10 Å². The summed E-state index contributed by atoms with van der Waals surface area (Å²) in [6.07, 6.45) is 1.07. The van der Waals surface area contributed by atoms with Gasteiger partial charge < -0.3 is 5.32 Å². The molecule has 0 aliphatic rings. The molecule has 0 unspecified atom stereocenters. The summed E-state index contributed by atoms with van der Waals surface area (Å²) in [5.41, 5.74) is 2.12. The van der Waals surface area contributed by atoms with Gasteiger partial charge in [0.05, 0.1) is 32.4 Å². The van der Waals surface area contributed by atoms with Crippen molar-refractivity contribution in [2.45, 2.75) is 0 Å². The third kappa shape index (κ3) is 4.75. The van der Waals surface area contributed by atoms with E-state index in [4.69, 9.17) is 23.2 Å². The highest BCUT2D eigenvalue weighted by Crippen LogP contribution is 2.29. The summed E-state index contributed by atoms with van der Waals surface area (Å²) in [7, 11) is 0. The number of carbonyl (C=O) groups excluding carboxylic acids is 2. The molecule has 0 saturated heterocycles. The van der Waals surface area contributed by atoms with Crippen molar-refractivity contribution >= 4 is 52.6 Å². The second-order valence-corrected chi connectivity index (χ2v) is 5.36. The SMILES string of the molecule is O=C(N/N=C/c1ccccc1[N+](=O)[O-])C(=O)Nc1cccc(Cl)c1Cl. The number of amides is 2. The fourth-order valence-electron chi connectivity index (χ4n) is 1.75. The Bertz CT molecular complexity index is 870. The minimum absolute atomic E-state index is 0.0914. The van der Waals surface area contributed by atoms with Crippen molar-refractivity contribution in [1.29, 1.82) is 0 Å².